The van der Waals surface area contributed by atoms with Gasteiger partial charge in [0.15, 0.2) is 11.6 Å². The van der Waals surface area contributed by atoms with Gasteiger partial charge in [-0.15, -0.1) is 12.4 Å². The van der Waals surface area contributed by atoms with Crippen LogP contribution in [0.5, 0.6) is 5.75 Å². The molecule has 0 spiro atoms. The highest BCUT2D eigenvalue weighted by Gasteiger charge is 2.27. The van der Waals surface area contributed by atoms with Crippen molar-refractivity contribution < 1.29 is 13.9 Å². The molecule has 1 fully saturated rings. The second-order valence-electron chi connectivity index (χ2n) is 5.45. The Labute approximate surface area is 137 Å². The van der Waals surface area contributed by atoms with Gasteiger partial charge < -0.3 is 15.0 Å². The number of rotatable bonds is 5. The molecule has 2 unspecified atom stereocenters. The normalized spacial score (nSPS) is 21.1. The van der Waals surface area contributed by atoms with Crippen LogP contribution in [0.15, 0.2) is 24.3 Å². The Morgan fingerprint density at radius 3 is 2.86 bits per heavy atom. The van der Waals surface area contributed by atoms with E-state index >= 15 is 0 Å². The van der Waals surface area contributed by atoms with Crippen LogP contribution in [0.4, 0.5) is 4.39 Å². The van der Waals surface area contributed by atoms with E-state index in [1.165, 1.54) is 6.07 Å². The van der Waals surface area contributed by atoms with E-state index in [2.05, 4.69) is 19.2 Å². The standard InChI is InChI=1S/C16H23FN2O2.ClH/c1-12-13(2)19(10-9-18-12)16(20)8-5-11-21-15-7-4-3-6-14(15)17;/h3-4,6-7,12-13,18H,5,8-11H2,1-2H3;1H. The van der Waals surface area contributed by atoms with Gasteiger partial charge in [0.25, 0.3) is 0 Å². The van der Waals surface area contributed by atoms with Crippen molar-refractivity contribution >= 4 is 18.3 Å². The maximum absolute atomic E-state index is 13.4. The molecular weight excluding hydrogens is 307 g/mol. The fraction of sp³-hybridized carbons (Fsp3) is 0.562. The number of nitrogens with zero attached hydrogens (tertiary/aromatic N) is 1. The average Bonchev–Trinajstić information content (AvgIpc) is 2.48. The molecule has 2 rings (SSSR count). The van der Waals surface area contributed by atoms with Crippen LogP contribution in [0.25, 0.3) is 0 Å². The Bertz CT molecular complexity index is 487. The van der Waals surface area contributed by atoms with Gasteiger partial charge in [0.05, 0.1) is 6.61 Å². The largest absolute Gasteiger partial charge is 0.491 e. The summed E-state index contributed by atoms with van der Waals surface area (Å²) >= 11 is 0. The van der Waals surface area contributed by atoms with Crippen LogP contribution < -0.4 is 10.1 Å². The Morgan fingerprint density at radius 2 is 2.14 bits per heavy atom. The molecule has 0 saturated carbocycles. The van der Waals surface area contributed by atoms with Crippen LogP contribution in [0.2, 0.25) is 0 Å². The van der Waals surface area contributed by atoms with Crippen molar-refractivity contribution in [2.75, 3.05) is 19.7 Å². The molecule has 0 radical (unpaired) electrons. The van der Waals surface area contributed by atoms with Crippen LogP contribution >= 0.6 is 12.4 Å². The Hall–Kier alpha value is -1.33. The lowest BCUT2D eigenvalue weighted by molar-refractivity contribution is -0.135. The molecule has 0 aliphatic carbocycles. The van der Waals surface area contributed by atoms with E-state index in [9.17, 15) is 9.18 Å². The molecule has 0 bridgehead atoms. The predicted molar refractivity (Wildman–Crippen MR) is 87.0 cm³/mol. The lowest BCUT2D eigenvalue weighted by Gasteiger charge is -2.38. The smallest absolute Gasteiger partial charge is 0.223 e. The van der Waals surface area contributed by atoms with Gasteiger partial charge >= 0.3 is 0 Å². The number of benzene rings is 1. The summed E-state index contributed by atoms with van der Waals surface area (Å²) in [6, 6.07) is 6.84. The van der Waals surface area contributed by atoms with Crippen molar-refractivity contribution in [1.82, 2.24) is 10.2 Å². The number of para-hydroxylation sites is 1. The molecular formula is C16H24ClFN2O2. The zero-order valence-electron chi connectivity index (χ0n) is 13.0. The second kappa shape index (κ2) is 8.96. The first kappa shape index (κ1) is 18.7. The first-order chi connectivity index (χ1) is 10.1. The number of carbonyl (C=O) groups excluding carboxylic acids is 1. The van der Waals surface area contributed by atoms with Gasteiger partial charge in [-0.05, 0) is 32.4 Å². The number of carbonyl (C=O) groups is 1. The van der Waals surface area contributed by atoms with Crippen molar-refractivity contribution in [2.24, 2.45) is 0 Å². The lowest BCUT2D eigenvalue weighted by atomic mass is 10.1. The van der Waals surface area contributed by atoms with E-state index in [0.717, 1.165) is 13.1 Å². The first-order valence-electron chi connectivity index (χ1n) is 7.50. The van der Waals surface area contributed by atoms with Crippen LogP contribution in [0, 0.1) is 5.82 Å². The molecule has 1 aromatic rings. The van der Waals surface area contributed by atoms with Gasteiger partial charge in [0.2, 0.25) is 5.91 Å². The van der Waals surface area contributed by atoms with Crippen molar-refractivity contribution in [3.05, 3.63) is 30.1 Å². The van der Waals surface area contributed by atoms with E-state index in [-0.39, 0.29) is 35.9 Å². The molecule has 124 valence electrons. The third-order valence-electron chi connectivity index (χ3n) is 3.98. The van der Waals surface area contributed by atoms with Crippen LogP contribution in [-0.2, 0) is 4.79 Å². The highest BCUT2D eigenvalue weighted by Crippen LogP contribution is 2.16. The summed E-state index contributed by atoms with van der Waals surface area (Å²) in [6.45, 7) is 6.08. The SMILES string of the molecule is CC1NCCN(C(=O)CCCOc2ccccc2F)C1C.Cl. The molecule has 1 N–H and O–H groups in total. The fourth-order valence-electron chi connectivity index (χ4n) is 2.52. The molecule has 1 aliphatic rings. The minimum atomic E-state index is -0.367. The summed E-state index contributed by atoms with van der Waals surface area (Å²) in [4.78, 5) is 14.1. The minimum Gasteiger partial charge on any atom is -0.491 e. The molecule has 1 amide bonds. The lowest BCUT2D eigenvalue weighted by Crippen LogP contribution is -2.57. The molecule has 2 atom stereocenters. The average molecular weight is 331 g/mol. The van der Waals surface area contributed by atoms with Gasteiger partial charge in [0.1, 0.15) is 0 Å². The number of nitrogens with one attached hydrogen (secondary N) is 1. The van der Waals surface area contributed by atoms with Gasteiger partial charge in [-0.25, -0.2) is 4.39 Å². The molecule has 1 saturated heterocycles. The van der Waals surface area contributed by atoms with E-state index in [0.29, 0.717) is 25.5 Å². The van der Waals surface area contributed by atoms with Crippen LogP contribution in [0.1, 0.15) is 26.7 Å². The van der Waals surface area contributed by atoms with Gasteiger partial charge in [0, 0.05) is 31.6 Å². The fourth-order valence-corrected chi connectivity index (χ4v) is 2.52. The van der Waals surface area contributed by atoms with Crippen molar-refractivity contribution in [3.8, 4) is 5.75 Å². The number of halogens is 2. The molecule has 22 heavy (non-hydrogen) atoms. The molecule has 0 aromatic heterocycles. The highest BCUT2D eigenvalue weighted by atomic mass is 35.5. The summed E-state index contributed by atoms with van der Waals surface area (Å²) in [5.74, 6) is 0.0236. The van der Waals surface area contributed by atoms with Crippen LogP contribution in [0.3, 0.4) is 0 Å². The van der Waals surface area contributed by atoms with Crippen molar-refractivity contribution in [3.63, 3.8) is 0 Å². The molecule has 1 heterocycles. The minimum absolute atomic E-state index is 0. The Morgan fingerprint density at radius 1 is 1.41 bits per heavy atom. The molecule has 4 nitrogen and oxygen atoms in total. The van der Waals surface area contributed by atoms with Gasteiger partial charge in [-0.3, -0.25) is 4.79 Å². The predicted octanol–water partition coefficient (Wildman–Crippen LogP) is 2.62. The number of piperazine rings is 1. The third-order valence-corrected chi connectivity index (χ3v) is 3.98. The molecule has 6 heteroatoms. The Kier molecular flexibility index (Phi) is 7.62. The first-order valence-corrected chi connectivity index (χ1v) is 7.50. The van der Waals surface area contributed by atoms with Crippen LogP contribution in [-0.4, -0.2) is 42.6 Å². The topological polar surface area (TPSA) is 41.6 Å². The second-order valence-corrected chi connectivity index (χ2v) is 5.45. The third kappa shape index (κ3) is 4.85. The highest BCUT2D eigenvalue weighted by molar-refractivity contribution is 5.85. The zero-order valence-corrected chi connectivity index (χ0v) is 13.9. The Balaban J connectivity index is 0.00000242. The quantitative estimate of drug-likeness (QED) is 0.844. The van der Waals surface area contributed by atoms with E-state index < -0.39 is 0 Å². The number of hydrogen-bond acceptors (Lipinski definition) is 3. The van der Waals surface area contributed by atoms with Gasteiger partial charge in [-0.1, -0.05) is 12.1 Å². The van der Waals surface area contributed by atoms with E-state index in [1.54, 1.807) is 18.2 Å². The van der Waals surface area contributed by atoms with Crippen molar-refractivity contribution in [1.29, 1.82) is 0 Å². The summed E-state index contributed by atoms with van der Waals surface area (Å²) in [5.41, 5.74) is 0. The number of amides is 1. The molecule has 1 aliphatic heterocycles. The maximum Gasteiger partial charge on any atom is 0.223 e. The summed E-state index contributed by atoms with van der Waals surface area (Å²) in [5, 5.41) is 3.35. The zero-order chi connectivity index (χ0) is 15.2. The molecule has 1 aromatic carbocycles. The summed E-state index contributed by atoms with van der Waals surface area (Å²) in [7, 11) is 0. The van der Waals surface area contributed by atoms with Gasteiger partial charge in [-0.2, -0.15) is 0 Å². The summed E-state index contributed by atoms with van der Waals surface area (Å²) in [6.07, 6.45) is 1.03. The van der Waals surface area contributed by atoms with E-state index in [4.69, 9.17) is 4.74 Å². The number of ether oxygens (including phenoxy) is 1. The maximum atomic E-state index is 13.4. The monoisotopic (exact) mass is 330 g/mol. The number of hydrogen-bond donors (Lipinski definition) is 1. The summed E-state index contributed by atoms with van der Waals surface area (Å²) < 4.78 is 18.7. The van der Waals surface area contributed by atoms with Crippen molar-refractivity contribution in [2.45, 2.75) is 38.8 Å². The van der Waals surface area contributed by atoms with E-state index in [1.807, 2.05) is 4.90 Å².